The van der Waals surface area contributed by atoms with Crippen molar-refractivity contribution >= 4 is 23.4 Å². The molecule has 8 heteroatoms. The van der Waals surface area contributed by atoms with Gasteiger partial charge in [0.1, 0.15) is 11.5 Å². The minimum Gasteiger partial charge on any atom is -0.456 e. The molecule has 1 aliphatic rings. The molecule has 0 radical (unpaired) electrons. The summed E-state index contributed by atoms with van der Waals surface area (Å²) in [4.78, 5) is 28.2. The summed E-state index contributed by atoms with van der Waals surface area (Å²) >= 11 is 1.63. The molecule has 3 aromatic rings. The van der Waals surface area contributed by atoms with Crippen LogP contribution < -0.4 is 10.1 Å². The third-order valence-electron chi connectivity index (χ3n) is 5.25. The Morgan fingerprint density at radius 3 is 2.66 bits per heavy atom. The molecule has 1 saturated heterocycles. The largest absolute Gasteiger partial charge is 0.456 e. The molecule has 2 aromatic heterocycles. The average Bonchev–Trinajstić information content (AvgIpc) is 2.83. The van der Waals surface area contributed by atoms with Crippen LogP contribution in [0.5, 0.6) is 11.5 Å². The highest BCUT2D eigenvalue weighted by Gasteiger charge is 2.29. The van der Waals surface area contributed by atoms with E-state index in [-0.39, 0.29) is 11.9 Å². The highest BCUT2D eigenvalue weighted by molar-refractivity contribution is 7.99. The van der Waals surface area contributed by atoms with Crippen molar-refractivity contribution in [1.29, 1.82) is 0 Å². The molecular formula is C24H27N5O2S. The van der Waals surface area contributed by atoms with Gasteiger partial charge in [-0.3, -0.25) is 14.7 Å². The Morgan fingerprint density at radius 2 is 1.94 bits per heavy atom. The number of benzene rings is 1. The van der Waals surface area contributed by atoms with E-state index in [1.165, 1.54) is 0 Å². The monoisotopic (exact) mass is 449 g/mol. The second kappa shape index (κ2) is 11.1. The Bertz CT molecular complexity index is 999. The van der Waals surface area contributed by atoms with Crippen molar-refractivity contribution in [2.75, 3.05) is 17.6 Å². The van der Waals surface area contributed by atoms with Crippen LogP contribution >= 0.6 is 11.8 Å². The number of amides is 1. The van der Waals surface area contributed by atoms with E-state index in [1.54, 1.807) is 24.2 Å². The van der Waals surface area contributed by atoms with Crippen LogP contribution in [-0.2, 0) is 11.3 Å². The number of nitrogens with one attached hydrogen (secondary N) is 1. The van der Waals surface area contributed by atoms with Crippen LogP contribution in [0.2, 0.25) is 0 Å². The van der Waals surface area contributed by atoms with E-state index in [0.29, 0.717) is 18.0 Å². The van der Waals surface area contributed by atoms with Crippen molar-refractivity contribution < 1.29 is 9.53 Å². The maximum Gasteiger partial charge on any atom is 0.241 e. The number of likely N-dealkylation sites (tertiary alicyclic amines) is 1. The van der Waals surface area contributed by atoms with Crippen LogP contribution in [-0.4, -0.2) is 44.1 Å². The Kier molecular flexibility index (Phi) is 7.68. The number of piperidine rings is 1. The van der Waals surface area contributed by atoms with Gasteiger partial charge in [-0.1, -0.05) is 25.1 Å². The molecule has 0 unspecified atom stereocenters. The zero-order chi connectivity index (χ0) is 22.2. The Hall–Kier alpha value is -2.97. The summed E-state index contributed by atoms with van der Waals surface area (Å²) in [5.41, 5.74) is 1.78. The average molecular weight is 450 g/mol. The molecule has 1 fully saturated rings. The number of ether oxygens (including phenoxy) is 1. The first-order valence-electron chi connectivity index (χ1n) is 10.9. The lowest BCUT2D eigenvalue weighted by Crippen LogP contribution is -2.46. The number of pyridine rings is 1. The van der Waals surface area contributed by atoms with Gasteiger partial charge in [-0.25, -0.2) is 9.97 Å². The van der Waals surface area contributed by atoms with E-state index in [2.05, 4.69) is 32.1 Å². The summed E-state index contributed by atoms with van der Waals surface area (Å²) in [7, 11) is 0. The highest BCUT2D eigenvalue weighted by atomic mass is 32.2. The smallest absolute Gasteiger partial charge is 0.241 e. The number of nitrogens with zero attached hydrogens (tertiary/aromatic N) is 4. The number of aromatic nitrogens is 3. The zero-order valence-corrected chi connectivity index (χ0v) is 18.9. The molecule has 7 nitrogen and oxygen atoms in total. The molecule has 1 atom stereocenters. The standard InChI is InChI=1S/C24H27N5O2S/c1-2-32-24-26-14-18(15-27-24)17-29-13-4-3-7-22(29)23(30)28-19-8-10-20(11-9-19)31-21-6-5-12-25-16-21/h5-6,8-12,14-16,22H,2-4,7,13,17H2,1H3,(H,28,30)/t22-/m0/s1. The molecule has 0 spiro atoms. The highest BCUT2D eigenvalue weighted by Crippen LogP contribution is 2.24. The van der Waals surface area contributed by atoms with Gasteiger partial charge >= 0.3 is 0 Å². The third kappa shape index (κ3) is 6.05. The van der Waals surface area contributed by atoms with E-state index in [9.17, 15) is 4.79 Å². The summed E-state index contributed by atoms with van der Waals surface area (Å²) in [5.74, 6) is 2.33. The van der Waals surface area contributed by atoms with Crippen LogP contribution in [0.3, 0.4) is 0 Å². The maximum atomic E-state index is 13.1. The Balaban J connectivity index is 1.36. The van der Waals surface area contributed by atoms with Gasteiger partial charge in [0.2, 0.25) is 5.91 Å². The van der Waals surface area contributed by atoms with Crippen molar-refractivity contribution in [2.24, 2.45) is 0 Å². The fourth-order valence-electron chi connectivity index (χ4n) is 3.72. The Morgan fingerprint density at radius 1 is 1.12 bits per heavy atom. The molecule has 0 bridgehead atoms. The molecule has 1 amide bonds. The molecule has 32 heavy (non-hydrogen) atoms. The van der Waals surface area contributed by atoms with Gasteiger partial charge in [0.15, 0.2) is 5.16 Å². The SMILES string of the molecule is CCSc1ncc(CN2CCCC[C@H]2C(=O)Nc2ccc(Oc3cccnc3)cc2)cn1. The number of carbonyl (C=O) groups excluding carboxylic acids is 1. The predicted octanol–water partition coefficient (Wildman–Crippen LogP) is 4.77. The van der Waals surface area contributed by atoms with E-state index >= 15 is 0 Å². The zero-order valence-electron chi connectivity index (χ0n) is 18.1. The van der Waals surface area contributed by atoms with Gasteiger partial charge < -0.3 is 10.1 Å². The van der Waals surface area contributed by atoms with Crippen molar-refractivity contribution in [2.45, 2.75) is 43.9 Å². The summed E-state index contributed by atoms with van der Waals surface area (Å²) in [5, 5.41) is 3.85. The van der Waals surface area contributed by atoms with Crippen molar-refractivity contribution in [3.63, 3.8) is 0 Å². The second-order valence-corrected chi connectivity index (χ2v) is 8.82. The Labute approximate surface area is 192 Å². The van der Waals surface area contributed by atoms with Gasteiger partial charge in [0.05, 0.1) is 12.2 Å². The first-order valence-corrected chi connectivity index (χ1v) is 11.9. The summed E-state index contributed by atoms with van der Waals surface area (Å²) in [6.45, 7) is 3.65. The molecule has 166 valence electrons. The molecular weight excluding hydrogens is 422 g/mol. The summed E-state index contributed by atoms with van der Waals surface area (Å²) in [6.07, 6.45) is 10.1. The first kappa shape index (κ1) is 22.2. The number of hydrogen-bond acceptors (Lipinski definition) is 7. The summed E-state index contributed by atoms with van der Waals surface area (Å²) < 4.78 is 5.76. The van der Waals surface area contributed by atoms with Gasteiger partial charge in [0.25, 0.3) is 0 Å². The summed E-state index contributed by atoms with van der Waals surface area (Å²) in [6, 6.07) is 10.9. The van der Waals surface area contributed by atoms with Crippen molar-refractivity contribution in [1.82, 2.24) is 19.9 Å². The minimum atomic E-state index is -0.167. The normalized spacial score (nSPS) is 16.5. The van der Waals surface area contributed by atoms with E-state index in [4.69, 9.17) is 4.74 Å². The van der Waals surface area contributed by atoms with Crippen LogP contribution in [0.15, 0.2) is 66.3 Å². The van der Waals surface area contributed by atoms with E-state index in [0.717, 1.165) is 48.0 Å². The van der Waals surface area contributed by atoms with Crippen LogP contribution in [0, 0.1) is 0 Å². The van der Waals surface area contributed by atoms with Crippen molar-refractivity contribution in [3.8, 4) is 11.5 Å². The molecule has 4 rings (SSSR count). The number of hydrogen-bond donors (Lipinski definition) is 1. The topological polar surface area (TPSA) is 80.2 Å². The number of thioether (sulfide) groups is 1. The fourth-order valence-corrected chi connectivity index (χ4v) is 4.23. The lowest BCUT2D eigenvalue weighted by molar-refractivity contribution is -0.122. The predicted molar refractivity (Wildman–Crippen MR) is 126 cm³/mol. The maximum absolute atomic E-state index is 13.1. The van der Waals surface area contributed by atoms with Crippen LogP contribution in [0.25, 0.3) is 0 Å². The molecule has 1 aromatic carbocycles. The first-order chi connectivity index (χ1) is 15.7. The van der Waals surface area contributed by atoms with Crippen LogP contribution in [0.4, 0.5) is 5.69 Å². The number of carbonyl (C=O) groups is 1. The molecule has 3 heterocycles. The van der Waals surface area contributed by atoms with Gasteiger partial charge in [-0.05, 0) is 61.5 Å². The third-order valence-corrected chi connectivity index (χ3v) is 6.01. The van der Waals surface area contributed by atoms with Gasteiger partial charge in [-0.2, -0.15) is 0 Å². The second-order valence-electron chi connectivity index (χ2n) is 7.59. The minimum absolute atomic E-state index is 0.0182. The van der Waals surface area contributed by atoms with E-state index < -0.39 is 0 Å². The quantitative estimate of drug-likeness (QED) is 0.392. The van der Waals surface area contributed by atoms with Crippen molar-refractivity contribution in [3.05, 3.63) is 66.7 Å². The lowest BCUT2D eigenvalue weighted by atomic mass is 10.0. The lowest BCUT2D eigenvalue weighted by Gasteiger charge is -2.34. The molecule has 1 N–H and O–H groups in total. The van der Waals surface area contributed by atoms with E-state index in [1.807, 2.05) is 48.8 Å². The molecule has 1 aliphatic heterocycles. The number of rotatable bonds is 8. The van der Waals surface area contributed by atoms with Gasteiger partial charge in [0, 0.05) is 36.4 Å². The molecule has 0 saturated carbocycles. The number of anilines is 1. The van der Waals surface area contributed by atoms with Gasteiger partial charge in [-0.15, -0.1) is 0 Å². The fraction of sp³-hybridized carbons (Fsp3) is 0.333. The van der Waals surface area contributed by atoms with Crippen LogP contribution in [0.1, 0.15) is 31.7 Å². The molecule has 0 aliphatic carbocycles.